The van der Waals surface area contributed by atoms with E-state index in [4.69, 9.17) is 4.74 Å². The average Bonchev–Trinajstić information content (AvgIpc) is 2.45. The van der Waals surface area contributed by atoms with Crippen molar-refractivity contribution in [2.45, 2.75) is 32.8 Å². The summed E-state index contributed by atoms with van der Waals surface area (Å²) < 4.78 is 5.49. The molecule has 20 heavy (non-hydrogen) atoms. The molecular formula is C18H22O2. The molecule has 2 aromatic carbocycles. The highest BCUT2D eigenvalue weighted by molar-refractivity contribution is 5.74. The fourth-order valence-electron chi connectivity index (χ4n) is 2.31. The maximum Gasteiger partial charge on any atom is 0.126 e. The summed E-state index contributed by atoms with van der Waals surface area (Å²) in [6.07, 6.45) is 0. The molecule has 106 valence electrons. The van der Waals surface area contributed by atoms with Crippen LogP contribution in [0.3, 0.4) is 0 Å². The number of aliphatic hydroxyl groups is 1. The summed E-state index contributed by atoms with van der Waals surface area (Å²) in [5.74, 6) is 0.832. The van der Waals surface area contributed by atoms with Crippen LogP contribution in [-0.4, -0.2) is 12.2 Å². The van der Waals surface area contributed by atoms with E-state index in [1.54, 1.807) is 7.11 Å². The van der Waals surface area contributed by atoms with E-state index in [0.29, 0.717) is 0 Å². The first kappa shape index (κ1) is 14.6. The minimum Gasteiger partial charge on any atom is -0.496 e. The normalized spacial score (nSPS) is 11.4. The van der Waals surface area contributed by atoms with E-state index in [0.717, 1.165) is 22.4 Å². The van der Waals surface area contributed by atoms with Crippen LogP contribution in [-0.2, 0) is 12.0 Å². The van der Waals surface area contributed by atoms with Gasteiger partial charge in [0.2, 0.25) is 0 Å². The first-order valence-corrected chi connectivity index (χ1v) is 6.85. The Morgan fingerprint density at radius 3 is 2.30 bits per heavy atom. The van der Waals surface area contributed by atoms with Crippen molar-refractivity contribution in [2.75, 3.05) is 7.11 Å². The summed E-state index contributed by atoms with van der Waals surface area (Å²) in [6, 6.07) is 14.2. The summed E-state index contributed by atoms with van der Waals surface area (Å²) in [5, 5.41) is 9.53. The Hall–Kier alpha value is -1.80. The third-order valence-corrected chi connectivity index (χ3v) is 3.54. The van der Waals surface area contributed by atoms with Crippen molar-refractivity contribution in [1.29, 1.82) is 0 Å². The second-order valence-electron chi connectivity index (χ2n) is 5.98. The van der Waals surface area contributed by atoms with Crippen LogP contribution < -0.4 is 4.74 Å². The van der Waals surface area contributed by atoms with Crippen LogP contribution in [0, 0.1) is 0 Å². The van der Waals surface area contributed by atoms with Crippen molar-refractivity contribution in [3.63, 3.8) is 0 Å². The SMILES string of the molecule is COc1ccc(C(C)(C)C)cc1-c1ccccc1CO. The first-order valence-electron chi connectivity index (χ1n) is 6.85. The Labute approximate surface area is 121 Å². The summed E-state index contributed by atoms with van der Waals surface area (Å²) in [7, 11) is 1.68. The van der Waals surface area contributed by atoms with Crippen LogP contribution in [0.5, 0.6) is 5.75 Å². The van der Waals surface area contributed by atoms with Crippen molar-refractivity contribution in [3.05, 3.63) is 53.6 Å². The van der Waals surface area contributed by atoms with Gasteiger partial charge in [-0.1, -0.05) is 51.1 Å². The van der Waals surface area contributed by atoms with Crippen molar-refractivity contribution in [3.8, 4) is 16.9 Å². The molecule has 0 radical (unpaired) electrons. The summed E-state index contributed by atoms with van der Waals surface area (Å²) >= 11 is 0. The number of ether oxygens (including phenoxy) is 1. The lowest BCUT2D eigenvalue weighted by atomic mass is 9.84. The number of methoxy groups -OCH3 is 1. The number of aliphatic hydroxyl groups excluding tert-OH is 1. The Bertz CT molecular complexity index is 595. The molecule has 0 unspecified atom stereocenters. The van der Waals surface area contributed by atoms with E-state index in [-0.39, 0.29) is 12.0 Å². The molecule has 0 bridgehead atoms. The number of benzene rings is 2. The zero-order chi connectivity index (χ0) is 14.8. The second-order valence-corrected chi connectivity index (χ2v) is 5.98. The lowest BCUT2D eigenvalue weighted by Crippen LogP contribution is -2.11. The molecule has 0 saturated heterocycles. The lowest BCUT2D eigenvalue weighted by molar-refractivity contribution is 0.282. The molecule has 2 heteroatoms. The van der Waals surface area contributed by atoms with E-state index in [9.17, 15) is 5.11 Å². The number of rotatable bonds is 3. The van der Waals surface area contributed by atoms with E-state index in [2.05, 4.69) is 32.9 Å². The van der Waals surface area contributed by atoms with Gasteiger partial charge in [0.25, 0.3) is 0 Å². The minimum atomic E-state index is 0.0269. The Balaban J connectivity index is 2.65. The summed E-state index contributed by atoms with van der Waals surface area (Å²) in [6.45, 7) is 6.60. The van der Waals surface area contributed by atoms with Gasteiger partial charge in [0.1, 0.15) is 5.75 Å². The van der Waals surface area contributed by atoms with Gasteiger partial charge < -0.3 is 9.84 Å². The smallest absolute Gasteiger partial charge is 0.126 e. The Morgan fingerprint density at radius 1 is 1.00 bits per heavy atom. The molecular weight excluding hydrogens is 248 g/mol. The van der Waals surface area contributed by atoms with Crippen LogP contribution in [0.2, 0.25) is 0 Å². The molecule has 0 aliphatic rings. The van der Waals surface area contributed by atoms with Crippen molar-refractivity contribution < 1.29 is 9.84 Å². The molecule has 0 aromatic heterocycles. The van der Waals surface area contributed by atoms with E-state index in [1.165, 1.54) is 5.56 Å². The third kappa shape index (κ3) is 2.86. The highest BCUT2D eigenvalue weighted by Gasteiger charge is 2.17. The lowest BCUT2D eigenvalue weighted by Gasteiger charge is -2.21. The predicted octanol–water partition coefficient (Wildman–Crippen LogP) is 4.15. The fourth-order valence-corrected chi connectivity index (χ4v) is 2.31. The number of hydrogen-bond acceptors (Lipinski definition) is 2. The monoisotopic (exact) mass is 270 g/mol. The van der Waals surface area contributed by atoms with Crippen molar-refractivity contribution in [2.24, 2.45) is 0 Å². The van der Waals surface area contributed by atoms with Gasteiger partial charge in [0.05, 0.1) is 13.7 Å². The molecule has 0 saturated carbocycles. The van der Waals surface area contributed by atoms with Crippen molar-refractivity contribution >= 4 is 0 Å². The standard InChI is InChI=1S/C18H22O2/c1-18(2,3)14-9-10-17(20-4)16(11-14)15-8-6-5-7-13(15)12-19/h5-11,19H,12H2,1-4H3. The molecule has 1 N–H and O–H groups in total. The van der Waals surface area contributed by atoms with Gasteiger partial charge >= 0.3 is 0 Å². The molecule has 2 aromatic rings. The maximum atomic E-state index is 9.53. The van der Waals surface area contributed by atoms with E-state index < -0.39 is 0 Å². The molecule has 0 aliphatic carbocycles. The Kier molecular flexibility index (Phi) is 4.15. The van der Waals surface area contributed by atoms with Gasteiger partial charge in [-0.15, -0.1) is 0 Å². The molecule has 0 amide bonds. The topological polar surface area (TPSA) is 29.5 Å². The fraction of sp³-hybridized carbons (Fsp3) is 0.333. The molecule has 2 nitrogen and oxygen atoms in total. The summed E-state index contributed by atoms with van der Waals surface area (Å²) in [4.78, 5) is 0. The molecule has 0 heterocycles. The highest BCUT2D eigenvalue weighted by atomic mass is 16.5. The van der Waals surface area contributed by atoms with Gasteiger partial charge in [-0.05, 0) is 34.2 Å². The van der Waals surface area contributed by atoms with Gasteiger partial charge in [0.15, 0.2) is 0 Å². The second kappa shape index (κ2) is 5.68. The van der Waals surface area contributed by atoms with Crippen LogP contribution in [0.25, 0.3) is 11.1 Å². The van der Waals surface area contributed by atoms with Crippen LogP contribution >= 0.6 is 0 Å². The van der Waals surface area contributed by atoms with Gasteiger partial charge in [0, 0.05) is 5.56 Å². The van der Waals surface area contributed by atoms with Crippen molar-refractivity contribution in [1.82, 2.24) is 0 Å². The quantitative estimate of drug-likeness (QED) is 0.907. The highest BCUT2D eigenvalue weighted by Crippen LogP contribution is 2.36. The third-order valence-electron chi connectivity index (χ3n) is 3.54. The van der Waals surface area contributed by atoms with Gasteiger partial charge in [-0.3, -0.25) is 0 Å². The largest absolute Gasteiger partial charge is 0.496 e. The first-order chi connectivity index (χ1) is 9.47. The van der Waals surface area contributed by atoms with Crippen LogP contribution in [0.15, 0.2) is 42.5 Å². The molecule has 0 aliphatic heterocycles. The minimum absolute atomic E-state index is 0.0269. The zero-order valence-electron chi connectivity index (χ0n) is 12.6. The molecule has 0 fully saturated rings. The number of hydrogen-bond donors (Lipinski definition) is 1. The van der Waals surface area contributed by atoms with Gasteiger partial charge in [-0.25, -0.2) is 0 Å². The van der Waals surface area contributed by atoms with Gasteiger partial charge in [-0.2, -0.15) is 0 Å². The molecule has 0 spiro atoms. The van der Waals surface area contributed by atoms with E-state index >= 15 is 0 Å². The summed E-state index contributed by atoms with van der Waals surface area (Å²) in [5.41, 5.74) is 4.30. The van der Waals surface area contributed by atoms with E-state index in [1.807, 2.05) is 30.3 Å². The molecule has 2 rings (SSSR count). The Morgan fingerprint density at radius 2 is 1.70 bits per heavy atom. The predicted molar refractivity (Wildman–Crippen MR) is 83.1 cm³/mol. The maximum absolute atomic E-state index is 9.53. The zero-order valence-corrected chi connectivity index (χ0v) is 12.6. The molecule has 0 atom stereocenters. The van der Waals surface area contributed by atoms with Crippen LogP contribution in [0.4, 0.5) is 0 Å². The van der Waals surface area contributed by atoms with Crippen LogP contribution in [0.1, 0.15) is 31.9 Å². The average molecular weight is 270 g/mol.